The first kappa shape index (κ1) is 20.0. The zero-order valence-corrected chi connectivity index (χ0v) is 16.6. The highest BCUT2D eigenvalue weighted by molar-refractivity contribution is 7.99. The first-order chi connectivity index (χ1) is 13.5. The van der Waals surface area contributed by atoms with Gasteiger partial charge in [-0.2, -0.15) is 4.68 Å². The lowest BCUT2D eigenvalue weighted by Gasteiger charge is -2.08. The second-order valence-electron chi connectivity index (χ2n) is 6.63. The smallest absolute Gasteiger partial charge is 0.230 e. The Balaban J connectivity index is 1.50. The number of nitrogens with one attached hydrogen (secondary N) is 1. The molecule has 0 atom stereocenters. The second-order valence-corrected chi connectivity index (χ2v) is 7.58. The first-order valence-electron chi connectivity index (χ1n) is 9.05. The van der Waals surface area contributed by atoms with E-state index in [9.17, 15) is 9.18 Å². The fourth-order valence-corrected chi connectivity index (χ4v) is 3.33. The minimum atomic E-state index is -0.263. The summed E-state index contributed by atoms with van der Waals surface area (Å²) >= 11 is 1.28. The van der Waals surface area contributed by atoms with Crippen molar-refractivity contribution in [3.63, 3.8) is 0 Å². The molecule has 0 aliphatic rings. The highest BCUT2D eigenvalue weighted by atomic mass is 32.2. The van der Waals surface area contributed by atoms with Crippen LogP contribution >= 0.6 is 11.8 Å². The van der Waals surface area contributed by atoms with Crippen molar-refractivity contribution in [3.05, 3.63) is 65.5 Å². The van der Waals surface area contributed by atoms with Gasteiger partial charge >= 0.3 is 0 Å². The van der Waals surface area contributed by atoms with Gasteiger partial charge in [0.1, 0.15) is 5.82 Å². The van der Waals surface area contributed by atoms with Crippen molar-refractivity contribution in [1.82, 2.24) is 25.5 Å². The standard InChI is InChI=1S/C20H22FN5OS/c1-14(2)16-5-9-18(10-6-16)26-20(23-24-25-26)28-13-19(27)22-12-11-15-3-7-17(21)8-4-15/h3-10,14H,11-13H2,1-2H3,(H,22,27). The summed E-state index contributed by atoms with van der Waals surface area (Å²) in [6.45, 7) is 4.77. The number of amides is 1. The molecule has 8 heteroatoms. The van der Waals surface area contributed by atoms with Crippen molar-refractivity contribution in [3.8, 4) is 5.69 Å². The molecule has 28 heavy (non-hydrogen) atoms. The zero-order chi connectivity index (χ0) is 19.9. The van der Waals surface area contributed by atoms with Crippen LogP contribution in [0.2, 0.25) is 0 Å². The number of halogens is 1. The van der Waals surface area contributed by atoms with Crippen LogP contribution in [0.3, 0.4) is 0 Å². The molecule has 0 fully saturated rings. The van der Waals surface area contributed by atoms with Gasteiger partial charge in [0.05, 0.1) is 11.4 Å². The fourth-order valence-electron chi connectivity index (χ4n) is 2.61. The number of aromatic nitrogens is 4. The summed E-state index contributed by atoms with van der Waals surface area (Å²) < 4.78 is 14.5. The molecule has 1 N–H and O–H groups in total. The third kappa shape index (κ3) is 5.39. The Morgan fingerprint density at radius 3 is 2.54 bits per heavy atom. The van der Waals surface area contributed by atoms with E-state index in [0.29, 0.717) is 24.0 Å². The van der Waals surface area contributed by atoms with Gasteiger partial charge in [-0.05, 0) is 58.2 Å². The van der Waals surface area contributed by atoms with E-state index in [-0.39, 0.29) is 17.5 Å². The number of hydrogen-bond donors (Lipinski definition) is 1. The maximum Gasteiger partial charge on any atom is 0.230 e. The average Bonchev–Trinajstić information content (AvgIpc) is 3.16. The van der Waals surface area contributed by atoms with Crippen LogP contribution in [0.15, 0.2) is 53.7 Å². The number of carbonyl (C=O) groups is 1. The number of carbonyl (C=O) groups excluding carboxylic acids is 1. The molecule has 1 heterocycles. The predicted octanol–water partition coefficient (Wildman–Crippen LogP) is 3.38. The number of benzene rings is 2. The molecule has 0 saturated heterocycles. The Bertz CT molecular complexity index is 909. The van der Waals surface area contributed by atoms with Crippen molar-refractivity contribution in [1.29, 1.82) is 0 Å². The molecule has 6 nitrogen and oxygen atoms in total. The molecule has 0 radical (unpaired) electrons. The second kappa shape index (κ2) is 9.45. The largest absolute Gasteiger partial charge is 0.355 e. The maximum atomic E-state index is 12.9. The average molecular weight is 399 g/mol. The van der Waals surface area contributed by atoms with Crippen molar-refractivity contribution in [2.75, 3.05) is 12.3 Å². The molecule has 0 bridgehead atoms. The summed E-state index contributed by atoms with van der Waals surface area (Å²) in [7, 11) is 0. The summed E-state index contributed by atoms with van der Waals surface area (Å²) in [4.78, 5) is 12.1. The fraction of sp³-hybridized carbons (Fsp3) is 0.300. The van der Waals surface area contributed by atoms with Gasteiger partial charge in [-0.3, -0.25) is 4.79 Å². The lowest BCUT2D eigenvalue weighted by molar-refractivity contribution is -0.118. The first-order valence-corrected chi connectivity index (χ1v) is 10.0. The van der Waals surface area contributed by atoms with E-state index in [2.05, 4.69) is 46.8 Å². The van der Waals surface area contributed by atoms with E-state index in [1.807, 2.05) is 12.1 Å². The Labute approximate surface area is 167 Å². The van der Waals surface area contributed by atoms with E-state index in [1.165, 1.54) is 29.5 Å². The predicted molar refractivity (Wildman–Crippen MR) is 107 cm³/mol. The van der Waals surface area contributed by atoms with Gasteiger partial charge in [-0.15, -0.1) is 5.10 Å². The molecule has 0 saturated carbocycles. The molecule has 3 aromatic rings. The van der Waals surface area contributed by atoms with Gasteiger partial charge in [-0.1, -0.05) is 49.9 Å². The third-order valence-electron chi connectivity index (χ3n) is 4.23. The lowest BCUT2D eigenvalue weighted by Crippen LogP contribution is -2.27. The number of tetrazole rings is 1. The third-order valence-corrected chi connectivity index (χ3v) is 5.15. The van der Waals surface area contributed by atoms with Gasteiger partial charge in [0.15, 0.2) is 0 Å². The molecular weight excluding hydrogens is 377 g/mol. The van der Waals surface area contributed by atoms with Crippen LogP contribution in [-0.4, -0.2) is 38.4 Å². The molecule has 0 spiro atoms. The summed E-state index contributed by atoms with van der Waals surface area (Å²) in [6.07, 6.45) is 0.649. The van der Waals surface area contributed by atoms with Gasteiger partial charge in [0.25, 0.3) is 0 Å². The van der Waals surface area contributed by atoms with Crippen molar-refractivity contribution in [2.45, 2.75) is 31.3 Å². The van der Waals surface area contributed by atoms with Crippen molar-refractivity contribution in [2.24, 2.45) is 0 Å². The summed E-state index contributed by atoms with van der Waals surface area (Å²) in [5.41, 5.74) is 3.07. The molecule has 1 aromatic heterocycles. The van der Waals surface area contributed by atoms with E-state index in [4.69, 9.17) is 0 Å². The van der Waals surface area contributed by atoms with Crippen LogP contribution in [0.4, 0.5) is 4.39 Å². The van der Waals surface area contributed by atoms with Crippen LogP contribution in [-0.2, 0) is 11.2 Å². The van der Waals surface area contributed by atoms with Gasteiger partial charge in [-0.25, -0.2) is 4.39 Å². The monoisotopic (exact) mass is 399 g/mol. The highest BCUT2D eigenvalue weighted by Gasteiger charge is 2.12. The summed E-state index contributed by atoms with van der Waals surface area (Å²) in [5, 5.41) is 15.2. The number of hydrogen-bond acceptors (Lipinski definition) is 5. The van der Waals surface area contributed by atoms with Gasteiger partial charge in [0.2, 0.25) is 11.1 Å². The minimum Gasteiger partial charge on any atom is -0.355 e. The van der Waals surface area contributed by atoms with Crippen LogP contribution in [0.5, 0.6) is 0 Å². The topological polar surface area (TPSA) is 72.7 Å². The van der Waals surface area contributed by atoms with E-state index in [0.717, 1.165) is 11.3 Å². The summed E-state index contributed by atoms with van der Waals surface area (Å²) in [6, 6.07) is 14.3. The SMILES string of the molecule is CC(C)c1ccc(-n2nnnc2SCC(=O)NCCc2ccc(F)cc2)cc1. The Morgan fingerprint density at radius 1 is 1.14 bits per heavy atom. The minimum absolute atomic E-state index is 0.100. The van der Waals surface area contributed by atoms with Crippen LogP contribution in [0.25, 0.3) is 5.69 Å². The quantitative estimate of drug-likeness (QED) is 0.588. The Kier molecular flexibility index (Phi) is 6.76. The molecule has 1 amide bonds. The van der Waals surface area contributed by atoms with E-state index in [1.54, 1.807) is 16.8 Å². The van der Waals surface area contributed by atoms with Crippen molar-refractivity contribution < 1.29 is 9.18 Å². The molecule has 2 aromatic carbocycles. The summed E-state index contributed by atoms with van der Waals surface area (Å²) in [5.74, 6) is 0.307. The van der Waals surface area contributed by atoms with Crippen LogP contribution < -0.4 is 5.32 Å². The molecule has 0 aliphatic heterocycles. The molecule has 0 unspecified atom stereocenters. The lowest BCUT2D eigenvalue weighted by atomic mass is 10.0. The molecule has 146 valence electrons. The van der Waals surface area contributed by atoms with E-state index < -0.39 is 0 Å². The normalized spacial score (nSPS) is 11.0. The Morgan fingerprint density at radius 2 is 1.86 bits per heavy atom. The van der Waals surface area contributed by atoms with Gasteiger partial charge in [0, 0.05) is 6.54 Å². The van der Waals surface area contributed by atoms with E-state index >= 15 is 0 Å². The number of nitrogens with zero attached hydrogens (tertiary/aromatic N) is 4. The molecular formula is C20H22FN5OS. The zero-order valence-electron chi connectivity index (χ0n) is 15.8. The molecule has 3 rings (SSSR count). The maximum absolute atomic E-state index is 12.9. The Hall–Kier alpha value is -2.74. The van der Waals surface area contributed by atoms with Crippen LogP contribution in [0.1, 0.15) is 30.9 Å². The highest BCUT2D eigenvalue weighted by Crippen LogP contribution is 2.20. The van der Waals surface area contributed by atoms with Crippen molar-refractivity contribution >= 4 is 17.7 Å². The van der Waals surface area contributed by atoms with Crippen LogP contribution in [0, 0.1) is 5.82 Å². The van der Waals surface area contributed by atoms with Gasteiger partial charge < -0.3 is 5.32 Å². The molecule has 0 aliphatic carbocycles. The number of rotatable bonds is 8. The number of thioether (sulfide) groups is 1.